The van der Waals surface area contributed by atoms with E-state index in [1.165, 1.54) is 17.5 Å². The molecule has 0 amide bonds. The zero-order chi connectivity index (χ0) is 10.5. The largest absolute Gasteiger partial charge is 0.493 e. The first-order valence-electron chi connectivity index (χ1n) is 5.85. The summed E-state index contributed by atoms with van der Waals surface area (Å²) in [6.07, 6.45) is 3.50. The van der Waals surface area contributed by atoms with Crippen LogP contribution in [0.15, 0.2) is 18.2 Å². The number of hydrogen-bond donors (Lipinski definition) is 1. The van der Waals surface area contributed by atoms with Crippen LogP contribution in [0, 0.1) is 0 Å². The Balaban J connectivity index is 2.00. The van der Waals surface area contributed by atoms with Crippen molar-refractivity contribution in [3.05, 3.63) is 29.3 Å². The van der Waals surface area contributed by atoms with Gasteiger partial charge < -0.3 is 10.1 Å². The van der Waals surface area contributed by atoms with E-state index in [0.29, 0.717) is 0 Å². The Kier molecular flexibility index (Phi) is 3.62. The Bertz CT molecular complexity index is 322. The van der Waals surface area contributed by atoms with Crippen molar-refractivity contribution in [1.82, 2.24) is 5.32 Å². The lowest BCUT2D eigenvalue weighted by molar-refractivity contribution is 0.288. The summed E-state index contributed by atoms with van der Waals surface area (Å²) in [4.78, 5) is 0. The predicted molar refractivity (Wildman–Crippen MR) is 62.3 cm³/mol. The topological polar surface area (TPSA) is 21.3 Å². The molecule has 1 aliphatic rings. The van der Waals surface area contributed by atoms with Gasteiger partial charge in [-0.15, -0.1) is 0 Å². The molecule has 0 bridgehead atoms. The minimum atomic E-state index is 0.875. The SMILES string of the molecule is CCCNCc1ccc2c(c1)CCCO2. The van der Waals surface area contributed by atoms with Gasteiger partial charge in [0.05, 0.1) is 6.61 Å². The van der Waals surface area contributed by atoms with Crippen LogP contribution in [0.3, 0.4) is 0 Å². The van der Waals surface area contributed by atoms with Gasteiger partial charge in [-0.3, -0.25) is 0 Å². The van der Waals surface area contributed by atoms with E-state index in [2.05, 4.69) is 30.4 Å². The van der Waals surface area contributed by atoms with Crippen LogP contribution in [0.2, 0.25) is 0 Å². The third-order valence-electron chi connectivity index (χ3n) is 2.73. The van der Waals surface area contributed by atoms with Gasteiger partial charge in [0.2, 0.25) is 0 Å². The maximum Gasteiger partial charge on any atom is 0.122 e. The molecule has 0 aromatic heterocycles. The van der Waals surface area contributed by atoms with Gasteiger partial charge in [-0.25, -0.2) is 0 Å². The van der Waals surface area contributed by atoms with Gasteiger partial charge in [-0.05, 0) is 43.0 Å². The number of rotatable bonds is 4. The predicted octanol–water partition coefficient (Wildman–Crippen LogP) is 2.51. The number of fused-ring (bicyclic) bond motifs is 1. The molecule has 0 saturated carbocycles. The van der Waals surface area contributed by atoms with Crippen molar-refractivity contribution in [1.29, 1.82) is 0 Å². The first-order chi connectivity index (χ1) is 7.40. The Morgan fingerprint density at radius 2 is 2.33 bits per heavy atom. The van der Waals surface area contributed by atoms with Gasteiger partial charge in [-0.2, -0.15) is 0 Å². The van der Waals surface area contributed by atoms with Crippen LogP contribution in [-0.2, 0) is 13.0 Å². The standard InChI is InChI=1S/C13H19NO/c1-2-7-14-10-11-5-6-13-12(9-11)4-3-8-15-13/h5-6,9,14H,2-4,7-8,10H2,1H3. The van der Waals surface area contributed by atoms with E-state index >= 15 is 0 Å². The molecule has 1 aromatic carbocycles. The molecule has 0 unspecified atom stereocenters. The molecule has 0 fully saturated rings. The normalized spacial score (nSPS) is 14.5. The Morgan fingerprint density at radius 3 is 3.20 bits per heavy atom. The molecule has 82 valence electrons. The molecule has 1 heterocycles. The highest BCUT2D eigenvalue weighted by atomic mass is 16.5. The summed E-state index contributed by atoms with van der Waals surface area (Å²) in [6.45, 7) is 5.13. The maximum absolute atomic E-state index is 5.58. The third kappa shape index (κ3) is 2.72. The van der Waals surface area contributed by atoms with Gasteiger partial charge in [-0.1, -0.05) is 19.1 Å². The highest BCUT2D eigenvalue weighted by molar-refractivity contribution is 5.38. The third-order valence-corrected chi connectivity index (χ3v) is 2.73. The molecule has 2 heteroatoms. The fraction of sp³-hybridized carbons (Fsp3) is 0.538. The van der Waals surface area contributed by atoms with Crippen LogP contribution in [0.5, 0.6) is 5.75 Å². The zero-order valence-electron chi connectivity index (χ0n) is 9.38. The van der Waals surface area contributed by atoms with E-state index in [1.807, 2.05) is 0 Å². The first-order valence-corrected chi connectivity index (χ1v) is 5.85. The average molecular weight is 205 g/mol. The van der Waals surface area contributed by atoms with E-state index < -0.39 is 0 Å². The lowest BCUT2D eigenvalue weighted by Gasteiger charge is -2.17. The molecule has 1 aliphatic heterocycles. The highest BCUT2D eigenvalue weighted by Crippen LogP contribution is 2.25. The number of hydrogen-bond acceptors (Lipinski definition) is 2. The molecule has 2 rings (SSSR count). The molecule has 0 spiro atoms. The average Bonchev–Trinajstić information content (AvgIpc) is 2.29. The first kappa shape index (κ1) is 10.5. The van der Waals surface area contributed by atoms with Crippen molar-refractivity contribution >= 4 is 0 Å². The molecule has 0 radical (unpaired) electrons. The summed E-state index contributed by atoms with van der Waals surface area (Å²) >= 11 is 0. The van der Waals surface area contributed by atoms with Gasteiger partial charge in [0, 0.05) is 6.54 Å². The second kappa shape index (κ2) is 5.17. The van der Waals surface area contributed by atoms with E-state index in [9.17, 15) is 0 Å². The molecule has 0 saturated heterocycles. The Morgan fingerprint density at radius 1 is 1.40 bits per heavy atom. The summed E-state index contributed by atoms with van der Waals surface area (Å²) in [5.74, 6) is 1.08. The minimum absolute atomic E-state index is 0.875. The van der Waals surface area contributed by atoms with Gasteiger partial charge in [0.15, 0.2) is 0 Å². The van der Waals surface area contributed by atoms with Crippen molar-refractivity contribution in [2.45, 2.75) is 32.7 Å². The number of nitrogens with one attached hydrogen (secondary N) is 1. The van der Waals surface area contributed by atoms with Crippen molar-refractivity contribution in [2.24, 2.45) is 0 Å². The van der Waals surface area contributed by atoms with Crippen LogP contribution in [0.4, 0.5) is 0 Å². The zero-order valence-corrected chi connectivity index (χ0v) is 9.38. The molecule has 1 N–H and O–H groups in total. The highest BCUT2D eigenvalue weighted by Gasteiger charge is 2.09. The van der Waals surface area contributed by atoms with Crippen LogP contribution in [-0.4, -0.2) is 13.2 Å². The Labute approximate surface area is 91.6 Å². The summed E-state index contributed by atoms with van der Waals surface area (Å²) in [5.41, 5.74) is 2.74. The molecular weight excluding hydrogens is 186 g/mol. The van der Waals surface area contributed by atoms with Crippen LogP contribution in [0.1, 0.15) is 30.9 Å². The summed E-state index contributed by atoms with van der Waals surface area (Å²) in [5, 5.41) is 3.42. The number of benzene rings is 1. The fourth-order valence-corrected chi connectivity index (χ4v) is 1.93. The van der Waals surface area contributed by atoms with Crippen LogP contribution < -0.4 is 10.1 Å². The molecule has 0 aliphatic carbocycles. The molecule has 2 nitrogen and oxygen atoms in total. The van der Waals surface area contributed by atoms with Crippen molar-refractivity contribution in [3.8, 4) is 5.75 Å². The fourth-order valence-electron chi connectivity index (χ4n) is 1.93. The van der Waals surface area contributed by atoms with E-state index in [1.54, 1.807) is 0 Å². The molecule has 15 heavy (non-hydrogen) atoms. The van der Waals surface area contributed by atoms with Gasteiger partial charge >= 0.3 is 0 Å². The number of ether oxygens (including phenoxy) is 1. The smallest absolute Gasteiger partial charge is 0.122 e. The van der Waals surface area contributed by atoms with E-state index in [0.717, 1.165) is 38.3 Å². The van der Waals surface area contributed by atoms with E-state index in [4.69, 9.17) is 4.74 Å². The monoisotopic (exact) mass is 205 g/mol. The maximum atomic E-state index is 5.58. The second-order valence-corrected chi connectivity index (χ2v) is 4.07. The molecular formula is C13H19NO. The molecule has 0 atom stereocenters. The quantitative estimate of drug-likeness (QED) is 0.763. The lowest BCUT2D eigenvalue weighted by Crippen LogP contribution is -2.15. The lowest BCUT2D eigenvalue weighted by atomic mass is 10.0. The number of aryl methyl sites for hydroxylation is 1. The second-order valence-electron chi connectivity index (χ2n) is 4.07. The van der Waals surface area contributed by atoms with Crippen LogP contribution in [0.25, 0.3) is 0 Å². The van der Waals surface area contributed by atoms with Gasteiger partial charge in [0.1, 0.15) is 5.75 Å². The van der Waals surface area contributed by atoms with E-state index in [-0.39, 0.29) is 0 Å². The van der Waals surface area contributed by atoms with Crippen molar-refractivity contribution in [2.75, 3.05) is 13.2 Å². The Hall–Kier alpha value is -1.02. The summed E-state index contributed by atoms with van der Waals surface area (Å²) < 4.78 is 5.58. The minimum Gasteiger partial charge on any atom is -0.493 e. The van der Waals surface area contributed by atoms with Crippen molar-refractivity contribution in [3.63, 3.8) is 0 Å². The van der Waals surface area contributed by atoms with Crippen LogP contribution >= 0.6 is 0 Å². The van der Waals surface area contributed by atoms with Crippen molar-refractivity contribution < 1.29 is 4.74 Å². The summed E-state index contributed by atoms with van der Waals surface area (Å²) in [7, 11) is 0. The summed E-state index contributed by atoms with van der Waals surface area (Å²) in [6, 6.07) is 6.54. The molecule has 1 aromatic rings. The van der Waals surface area contributed by atoms with Gasteiger partial charge in [0.25, 0.3) is 0 Å².